The Bertz CT molecular complexity index is 421. The van der Waals surface area contributed by atoms with Crippen LogP contribution in [0.2, 0.25) is 0 Å². The van der Waals surface area contributed by atoms with E-state index in [0.29, 0.717) is 17.9 Å². The van der Waals surface area contributed by atoms with Gasteiger partial charge in [0.15, 0.2) is 0 Å². The number of hydrogen-bond donors (Lipinski definition) is 0. The van der Waals surface area contributed by atoms with Gasteiger partial charge in [-0.05, 0) is 39.7 Å². The summed E-state index contributed by atoms with van der Waals surface area (Å²) < 4.78 is 2.40. The third-order valence-electron chi connectivity index (χ3n) is 4.67. The lowest BCUT2D eigenvalue weighted by Crippen LogP contribution is -2.27. The summed E-state index contributed by atoms with van der Waals surface area (Å²) in [7, 11) is 0. The van der Waals surface area contributed by atoms with Crippen LogP contribution in [0.25, 0.3) is 0 Å². The van der Waals surface area contributed by atoms with E-state index in [9.17, 15) is 0 Å². The molecule has 3 nitrogen and oxygen atoms in total. The van der Waals surface area contributed by atoms with Crippen LogP contribution in [0.5, 0.6) is 0 Å². The Morgan fingerprint density at radius 2 is 2.11 bits per heavy atom. The van der Waals surface area contributed by atoms with E-state index in [2.05, 4.69) is 36.4 Å². The van der Waals surface area contributed by atoms with Gasteiger partial charge in [0.2, 0.25) is 0 Å². The van der Waals surface area contributed by atoms with Crippen molar-refractivity contribution in [3.05, 3.63) is 17.7 Å². The number of fused-ring (bicyclic) bond motifs is 1. The van der Waals surface area contributed by atoms with Crippen LogP contribution in [0.1, 0.15) is 63.4 Å². The lowest BCUT2D eigenvalue weighted by atomic mass is 10.0. The molecule has 2 aliphatic heterocycles. The van der Waals surface area contributed by atoms with Gasteiger partial charge in [-0.1, -0.05) is 6.92 Å². The van der Waals surface area contributed by atoms with Gasteiger partial charge in [-0.3, -0.25) is 0 Å². The van der Waals surface area contributed by atoms with Crippen molar-refractivity contribution in [3.63, 3.8) is 0 Å². The van der Waals surface area contributed by atoms with Crippen LogP contribution in [0.4, 0.5) is 0 Å². The quantitative estimate of drug-likeness (QED) is 0.801. The smallest absolute Gasteiger partial charge is 0.111 e. The monoisotopic (exact) mass is 247 g/mol. The van der Waals surface area contributed by atoms with Gasteiger partial charge >= 0.3 is 0 Å². The molecule has 3 heteroatoms. The first-order valence-corrected chi connectivity index (χ1v) is 7.46. The molecule has 2 atom stereocenters. The molecule has 1 aromatic heterocycles. The number of nitrogens with zero attached hydrogens (tertiary/aromatic N) is 3. The minimum atomic E-state index is 0.648. The first-order chi connectivity index (χ1) is 8.65. The van der Waals surface area contributed by atoms with Crippen molar-refractivity contribution in [2.75, 3.05) is 13.1 Å². The predicted molar refractivity (Wildman–Crippen MR) is 73.9 cm³/mol. The fourth-order valence-corrected chi connectivity index (χ4v) is 3.41. The Hall–Kier alpha value is -0.830. The Morgan fingerprint density at radius 1 is 1.28 bits per heavy atom. The summed E-state index contributed by atoms with van der Waals surface area (Å²) >= 11 is 0. The molecule has 0 N–H and O–H groups in total. The maximum absolute atomic E-state index is 4.94. The highest BCUT2D eigenvalue weighted by atomic mass is 15.2. The number of rotatable bonds is 2. The minimum absolute atomic E-state index is 0.648. The second-order valence-electron chi connectivity index (χ2n) is 6.33. The Kier molecular flexibility index (Phi) is 3.18. The molecule has 1 aromatic rings. The number of imidazole rings is 1. The van der Waals surface area contributed by atoms with Crippen LogP contribution >= 0.6 is 0 Å². The summed E-state index contributed by atoms with van der Waals surface area (Å²) in [4.78, 5) is 7.52. The van der Waals surface area contributed by atoms with E-state index in [4.69, 9.17) is 4.98 Å². The lowest BCUT2D eigenvalue weighted by molar-refractivity contribution is 0.272. The van der Waals surface area contributed by atoms with Gasteiger partial charge < -0.3 is 9.47 Å². The Morgan fingerprint density at radius 3 is 2.78 bits per heavy atom. The molecule has 0 amide bonds. The van der Waals surface area contributed by atoms with E-state index in [-0.39, 0.29) is 0 Å². The second-order valence-corrected chi connectivity index (χ2v) is 6.33. The minimum Gasteiger partial charge on any atom is -0.334 e. The molecule has 100 valence electrons. The molecule has 2 aliphatic rings. The normalized spacial score (nSPS) is 28.9. The SMILES string of the molecule is CC1CCCn2cc(C3CCN(C(C)C)C3)nc21. The molecule has 3 rings (SSSR count). The summed E-state index contributed by atoms with van der Waals surface area (Å²) in [6.07, 6.45) is 6.23. The zero-order valence-electron chi connectivity index (χ0n) is 11.9. The fraction of sp³-hybridized carbons (Fsp3) is 0.800. The molecule has 0 aliphatic carbocycles. The third kappa shape index (κ3) is 2.09. The summed E-state index contributed by atoms with van der Waals surface area (Å²) in [5, 5.41) is 0. The molecule has 3 heterocycles. The largest absolute Gasteiger partial charge is 0.334 e. The number of aryl methyl sites for hydroxylation is 1. The summed E-state index contributed by atoms with van der Waals surface area (Å²) in [6, 6.07) is 0.672. The highest BCUT2D eigenvalue weighted by Crippen LogP contribution is 2.32. The van der Waals surface area contributed by atoms with Crippen LogP contribution in [0, 0.1) is 0 Å². The molecule has 0 radical (unpaired) electrons. The molecule has 2 unspecified atom stereocenters. The van der Waals surface area contributed by atoms with Gasteiger partial charge in [0.25, 0.3) is 0 Å². The standard InChI is InChI=1S/C15H25N3/c1-11(2)17-8-6-13(9-17)14-10-18-7-4-5-12(3)15(18)16-14/h10-13H,4-9H2,1-3H3. The Balaban J connectivity index is 1.78. The zero-order chi connectivity index (χ0) is 12.7. The maximum Gasteiger partial charge on any atom is 0.111 e. The van der Waals surface area contributed by atoms with Crippen molar-refractivity contribution >= 4 is 0 Å². The van der Waals surface area contributed by atoms with Gasteiger partial charge in [-0.25, -0.2) is 4.98 Å². The molecule has 1 saturated heterocycles. The van der Waals surface area contributed by atoms with E-state index in [1.807, 2.05) is 0 Å². The van der Waals surface area contributed by atoms with E-state index < -0.39 is 0 Å². The molecule has 0 bridgehead atoms. The van der Waals surface area contributed by atoms with Crippen molar-refractivity contribution in [2.45, 2.75) is 64.5 Å². The number of hydrogen-bond acceptors (Lipinski definition) is 2. The van der Waals surface area contributed by atoms with Crippen molar-refractivity contribution in [1.29, 1.82) is 0 Å². The van der Waals surface area contributed by atoms with Gasteiger partial charge in [0.05, 0.1) is 5.69 Å². The van der Waals surface area contributed by atoms with Crippen molar-refractivity contribution in [1.82, 2.24) is 14.5 Å². The predicted octanol–water partition coefficient (Wildman–Crippen LogP) is 2.98. The van der Waals surface area contributed by atoms with E-state index >= 15 is 0 Å². The van der Waals surface area contributed by atoms with E-state index in [1.165, 1.54) is 50.4 Å². The van der Waals surface area contributed by atoms with Gasteiger partial charge in [0, 0.05) is 37.2 Å². The second kappa shape index (κ2) is 4.69. The zero-order valence-corrected chi connectivity index (χ0v) is 11.9. The average Bonchev–Trinajstić information content (AvgIpc) is 2.95. The topological polar surface area (TPSA) is 21.1 Å². The van der Waals surface area contributed by atoms with Gasteiger partial charge in [-0.2, -0.15) is 0 Å². The maximum atomic E-state index is 4.94. The van der Waals surface area contributed by atoms with Crippen LogP contribution in [0.3, 0.4) is 0 Å². The van der Waals surface area contributed by atoms with Crippen molar-refractivity contribution < 1.29 is 0 Å². The number of aromatic nitrogens is 2. The summed E-state index contributed by atoms with van der Waals surface area (Å²) in [5.74, 6) is 2.65. The molecule has 0 aromatic carbocycles. The van der Waals surface area contributed by atoms with E-state index in [0.717, 1.165) is 0 Å². The summed E-state index contributed by atoms with van der Waals surface area (Å²) in [6.45, 7) is 10.5. The van der Waals surface area contributed by atoms with Crippen LogP contribution in [-0.4, -0.2) is 33.6 Å². The third-order valence-corrected chi connectivity index (χ3v) is 4.67. The molecular formula is C15H25N3. The Labute approximate surface area is 110 Å². The highest BCUT2D eigenvalue weighted by Gasteiger charge is 2.29. The lowest BCUT2D eigenvalue weighted by Gasteiger charge is -2.19. The fourth-order valence-electron chi connectivity index (χ4n) is 3.41. The van der Waals surface area contributed by atoms with Crippen LogP contribution in [-0.2, 0) is 6.54 Å². The molecular weight excluding hydrogens is 222 g/mol. The van der Waals surface area contributed by atoms with Crippen LogP contribution in [0.15, 0.2) is 6.20 Å². The van der Waals surface area contributed by atoms with Gasteiger partial charge in [0.1, 0.15) is 5.82 Å². The van der Waals surface area contributed by atoms with Crippen molar-refractivity contribution in [2.24, 2.45) is 0 Å². The van der Waals surface area contributed by atoms with E-state index in [1.54, 1.807) is 0 Å². The highest BCUT2D eigenvalue weighted by molar-refractivity contribution is 5.15. The van der Waals surface area contributed by atoms with Gasteiger partial charge in [-0.15, -0.1) is 0 Å². The first kappa shape index (κ1) is 12.2. The number of likely N-dealkylation sites (tertiary alicyclic amines) is 1. The first-order valence-electron chi connectivity index (χ1n) is 7.46. The average molecular weight is 247 g/mol. The molecule has 0 saturated carbocycles. The summed E-state index contributed by atoms with van der Waals surface area (Å²) in [5.41, 5.74) is 1.35. The molecule has 18 heavy (non-hydrogen) atoms. The van der Waals surface area contributed by atoms with Crippen molar-refractivity contribution in [3.8, 4) is 0 Å². The van der Waals surface area contributed by atoms with Crippen LogP contribution < -0.4 is 0 Å². The molecule has 1 fully saturated rings. The molecule has 0 spiro atoms.